The number of methoxy groups -OCH3 is 1. The van der Waals surface area contributed by atoms with Gasteiger partial charge in [0, 0.05) is 0 Å². The van der Waals surface area contributed by atoms with E-state index in [1.54, 1.807) is 19.1 Å². The van der Waals surface area contributed by atoms with Crippen LogP contribution >= 0.6 is 15.9 Å². The molecule has 76 valence electrons. The van der Waals surface area contributed by atoms with Crippen molar-refractivity contribution in [2.24, 2.45) is 0 Å². The minimum absolute atomic E-state index is 0.168. The van der Waals surface area contributed by atoms with Gasteiger partial charge < -0.3 is 9.84 Å². The van der Waals surface area contributed by atoms with E-state index in [1.807, 2.05) is 0 Å². The number of benzene rings is 1. The van der Waals surface area contributed by atoms with E-state index < -0.39 is 4.32 Å². The van der Waals surface area contributed by atoms with Gasteiger partial charge in [-0.05, 0) is 24.6 Å². The lowest BCUT2D eigenvalue weighted by Crippen LogP contribution is -2.26. The van der Waals surface area contributed by atoms with Crippen molar-refractivity contribution < 1.29 is 14.6 Å². The molecule has 1 rings (SSSR count). The summed E-state index contributed by atoms with van der Waals surface area (Å²) in [7, 11) is 1.34. The van der Waals surface area contributed by atoms with E-state index in [0.717, 1.165) is 5.56 Å². The summed E-state index contributed by atoms with van der Waals surface area (Å²) in [5, 5.41) is 9.09. The number of carbonyl (C=O) groups is 1. The molecular formula is C10H11BrO3. The van der Waals surface area contributed by atoms with Crippen molar-refractivity contribution in [3.8, 4) is 5.75 Å². The zero-order valence-corrected chi connectivity index (χ0v) is 9.54. The number of halogens is 1. The van der Waals surface area contributed by atoms with Crippen LogP contribution in [0.3, 0.4) is 0 Å². The molecule has 0 heterocycles. The van der Waals surface area contributed by atoms with E-state index >= 15 is 0 Å². The standard InChI is InChI=1S/C10H11BrO3/c1-10(11,9(13)14-2)7-3-5-8(12)6-4-7/h3-6,12H,1-2H3. The lowest BCUT2D eigenvalue weighted by atomic mass is 10.0. The topological polar surface area (TPSA) is 46.5 Å². The van der Waals surface area contributed by atoms with E-state index in [1.165, 1.54) is 19.2 Å². The molecule has 0 aliphatic rings. The molecule has 1 unspecified atom stereocenters. The van der Waals surface area contributed by atoms with Gasteiger partial charge in [0.25, 0.3) is 0 Å². The van der Waals surface area contributed by atoms with E-state index in [2.05, 4.69) is 20.7 Å². The second-order valence-electron chi connectivity index (χ2n) is 3.04. The first kappa shape index (κ1) is 11.0. The SMILES string of the molecule is COC(=O)C(C)(Br)c1ccc(O)cc1. The maximum absolute atomic E-state index is 11.4. The van der Waals surface area contributed by atoms with Crippen molar-refractivity contribution in [3.05, 3.63) is 29.8 Å². The highest BCUT2D eigenvalue weighted by molar-refractivity contribution is 9.10. The minimum Gasteiger partial charge on any atom is -0.508 e. The molecule has 0 amide bonds. The van der Waals surface area contributed by atoms with Crippen LogP contribution in [0.5, 0.6) is 5.75 Å². The number of rotatable bonds is 2. The maximum Gasteiger partial charge on any atom is 0.326 e. The van der Waals surface area contributed by atoms with Gasteiger partial charge in [0.05, 0.1) is 7.11 Å². The van der Waals surface area contributed by atoms with E-state index in [0.29, 0.717) is 0 Å². The Morgan fingerprint density at radius 3 is 2.36 bits per heavy atom. The molecule has 0 aromatic heterocycles. The predicted molar refractivity (Wildman–Crippen MR) is 56.4 cm³/mol. The Bertz CT molecular complexity index is 330. The van der Waals surface area contributed by atoms with Crippen LogP contribution in [0.4, 0.5) is 0 Å². The smallest absolute Gasteiger partial charge is 0.326 e. The predicted octanol–water partition coefficient (Wildman–Crippen LogP) is 2.18. The lowest BCUT2D eigenvalue weighted by molar-refractivity contribution is -0.143. The van der Waals surface area contributed by atoms with Crippen molar-refractivity contribution in [1.29, 1.82) is 0 Å². The molecule has 1 aromatic rings. The molecule has 0 bridgehead atoms. The summed E-state index contributed by atoms with van der Waals surface area (Å²) in [5.41, 5.74) is 0.738. The first-order chi connectivity index (χ1) is 6.48. The summed E-state index contributed by atoms with van der Waals surface area (Å²) in [4.78, 5) is 11.4. The number of alkyl halides is 1. The summed E-state index contributed by atoms with van der Waals surface area (Å²) in [6, 6.07) is 6.39. The number of phenols is 1. The molecule has 4 heteroatoms. The Labute approximate surface area is 90.8 Å². The molecule has 0 saturated heterocycles. The number of ether oxygens (including phenoxy) is 1. The number of aromatic hydroxyl groups is 1. The van der Waals surface area contributed by atoms with Gasteiger partial charge in [0.1, 0.15) is 10.1 Å². The maximum atomic E-state index is 11.4. The van der Waals surface area contributed by atoms with E-state index in [4.69, 9.17) is 5.11 Å². The third-order valence-corrected chi connectivity index (χ3v) is 2.76. The van der Waals surface area contributed by atoms with Gasteiger partial charge in [-0.3, -0.25) is 4.79 Å². The van der Waals surface area contributed by atoms with Crippen LogP contribution in [-0.2, 0) is 13.9 Å². The molecular weight excluding hydrogens is 248 g/mol. The van der Waals surface area contributed by atoms with Gasteiger partial charge in [0.15, 0.2) is 0 Å². The fourth-order valence-electron chi connectivity index (χ4n) is 1.08. The van der Waals surface area contributed by atoms with Gasteiger partial charge in [-0.25, -0.2) is 0 Å². The van der Waals surface area contributed by atoms with E-state index in [-0.39, 0.29) is 11.7 Å². The number of hydrogen-bond donors (Lipinski definition) is 1. The summed E-state index contributed by atoms with van der Waals surface area (Å²) < 4.78 is 3.79. The number of phenolic OH excluding ortho intramolecular Hbond substituents is 1. The molecule has 0 saturated carbocycles. The largest absolute Gasteiger partial charge is 0.508 e. The Kier molecular flexibility index (Phi) is 3.16. The average molecular weight is 259 g/mol. The molecule has 0 aliphatic heterocycles. The van der Waals surface area contributed by atoms with Crippen LogP contribution in [0.2, 0.25) is 0 Å². The van der Waals surface area contributed by atoms with Crippen LogP contribution in [-0.4, -0.2) is 18.2 Å². The van der Waals surface area contributed by atoms with Crippen LogP contribution in [0.25, 0.3) is 0 Å². The van der Waals surface area contributed by atoms with Gasteiger partial charge in [0.2, 0.25) is 0 Å². The highest BCUT2D eigenvalue weighted by Crippen LogP contribution is 2.32. The summed E-state index contributed by atoms with van der Waals surface area (Å²) in [5.74, 6) is -0.204. The summed E-state index contributed by atoms with van der Waals surface area (Å²) >= 11 is 3.28. The number of carbonyl (C=O) groups excluding carboxylic acids is 1. The number of esters is 1. The molecule has 1 N–H and O–H groups in total. The van der Waals surface area contributed by atoms with Crippen molar-refractivity contribution in [3.63, 3.8) is 0 Å². The molecule has 0 aliphatic carbocycles. The summed E-state index contributed by atoms with van der Waals surface area (Å²) in [6.45, 7) is 1.70. The van der Waals surface area contributed by atoms with Crippen molar-refractivity contribution in [1.82, 2.24) is 0 Å². The van der Waals surface area contributed by atoms with Crippen molar-refractivity contribution in [2.45, 2.75) is 11.2 Å². The molecule has 1 atom stereocenters. The van der Waals surface area contributed by atoms with Gasteiger partial charge in [-0.15, -0.1) is 0 Å². The van der Waals surface area contributed by atoms with Gasteiger partial charge >= 0.3 is 5.97 Å². The van der Waals surface area contributed by atoms with Gasteiger partial charge in [-0.1, -0.05) is 28.1 Å². The average Bonchev–Trinajstić information content (AvgIpc) is 2.17. The molecule has 0 spiro atoms. The fourth-order valence-corrected chi connectivity index (χ4v) is 1.51. The first-order valence-electron chi connectivity index (χ1n) is 4.05. The highest BCUT2D eigenvalue weighted by Gasteiger charge is 2.33. The number of hydrogen-bond acceptors (Lipinski definition) is 3. The third kappa shape index (κ3) is 2.07. The van der Waals surface area contributed by atoms with Crippen LogP contribution in [0.15, 0.2) is 24.3 Å². The third-order valence-electron chi connectivity index (χ3n) is 1.98. The van der Waals surface area contributed by atoms with Crippen LogP contribution in [0, 0.1) is 0 Å². The molecule has 3 nitrogen and oxygen atoms in total. The van der Waals surface area contributed by atoms with Crippen molar-refractivity contribution in [2.75, 3.05) is 7.11 Å². The Morgan fingerprint density at radius 2 is 1.93 bits per heavy atom. The highest BCUT2D eigenvalue weighted by atomic mass is 79.9. The van der Waals surface area contributed by atoms with Crippen molar-refractivity contribution >= 4 is 21.9 Å². The normalized spacial score (nSPS) is 14.5. The minimum atomic E-state index is -0.866. The molecule has 1 aromatic carbocycles. The zero-order valence-electron chi connectivity index (χ0n) is 7.95. The van der Waals surface area contributed by atoms with Crippen LogP contribution in [0.1, 0.15) is 12.5 Å². The zero-order chi connectivity index (χ0) is 10.8. The first-order valence-corrected chi connectivity index (χ1v) is 4.84. The molecule has 14 heavy (non-hydrogen) atoms. The molecule has 0 fully saturated rings. The Morgan fingerprint density at radius 1 is 1.43 bits per heavy atom. The Hall–Kier alpha value is -1.03. The second-order valence-corrected chi connectivity index (χ2v) is 4.63. The molecule has 0 radical (unpaired) electrons. The lowest BCUT2D eigenvalue weighted by Gasteiger charge is -2.19. The Balaban J connectivity index is 3.03. The second kappa shape index (κ2) is 4.00. The fraction of sp³-hybridized carbons (Fsp3) is 0.300. The van der Waals surface area contributed by atoms with E-state index in [9.17, 15) is 4.79 Å². The van der Waals surface area contributed by atoms with Gasteiger partial charge in [-0.2, -0.15) is 0 Å². The van der Waals surface area contributed by atoms with Crippen LogP contribution < -0.4 is 0 Å². The summed E-state index contributed by atoms with van der Waals surface area (Å²) in [6.07, 6.45) is 0. The monoisotopic (exact) mass is 258 g/mol. The quantitative estimate of drug-likeness (QED) is 0.654.